The second-order valence-electron chi connectivity index (χ2n) is 8.08. The second-order valence-corrected chi connectivity index (χ2v) is 8.08. The van der Waals surface area contributed by atoms with Gasteiger partial charge in [-0.3, -0.25) is 0 Å². The fourth-order valence-corrected chi connectivity index (χ4v) is 4.54. The molecule has 0 fully saturated rings. The Morgan fingerprint density at radius 3 is 2.04 bits per heavy atom. The van der Waals surface area contributed by atoms with Gasteiger partial charge in [-0.05, 0) is 60.3 Å². The Morgan fingerprint density at radius 2 is 1.50 bits per heavy atom. The van der Waals surface area contributed by atoms with E-state index in [-0.39, 0.29) is 0 Å². The van der Waals surface area contributed by atoms with Gasteiger partial charge < -0.3 is 0 Å². The van der Waals surface area contributed by atoms with Crippen LogP contribution >= 0.6 is 0 Å². The molecule has 138 valence electrons. The molecule has 2 aromatic carbocycles. The minimum atomic E-state index is 0.638. The van der Waals surface area contributed by atoms with Crippen LogP contribution in [0.4, 0.5) is 0 Å². The Morgan fingerprint density at radius 1 is 0.923 bits per heavy atom. The first-order chi connectivity index (χ1) is 12.7. The van der Waals surface area contributed by atoms with Crippen molar-refractivity contribution in [2.45, 2.75) is 65.7 Å². The molecule has 0 spiro atoms. The van der Waals surface area contributed by atoms with Crippen molar-refractivity contribution in [1.82, 2.24) is 0 Å². The first-order valence-electron chi connectivity index (χ1n) is 10.5. The summed E-state index contributed by atoms with van der Waals surface area (Å²) >= 11 is 0. The largest absolute Gasteiger partial charge is 0.0801 e. The highest BCUT2D eigenvalue weighted by Crippen LogP contribution is 2.37. The van der Waals surface area contributed by atoms with E-state index in [0.717, 1.165) is 5.92 Å². The molecule has 1 aliphatic carbocycles. The molecule has 0 saturated heterocycles. The zero-order valence-corrected chi connectivity index (χ0v) is 16.8. The normalized spacial score (nSPS) is 14.8. The fraction of sp³-hybridized carbons (Fsp3) is 0.462. The van der Waals surface area contributed by atoms with E-state index in [1.165, 1.54) is 56.1 Å². The summed E-state index contributed by atoms with van der Waals surface area (Å²) in [5.74, 6) is 1.48. The maximum Gasteiger partial charge on any atom is -0.00781 e. The summed E-state index contributed by atoms with van der Waals surface area (Å²) in [6.07, 6.45) is 11.5. The van der Waals surface area contributed by atoms with Crippen molar-refractivity contribution in [2.75, 3.05) is 0 Å². The molecule has 0 amide bonds. The molecule has 3 rings (SSSR count). The summed E-state index contributed by atoms with van der Waals surface area (Å²) in [7, 11) is 0. The van der Waals surface area contributed by atoms with Crippen LogP contribution < -0.4 is 0 Å². The van der Waals surface area contributed by atoms with Crippen LogP contribution in [0.3, 0.4) is 0 Å². The van der Waals surface area contributed by atoms with Crippen LogP contribution in [0, 0.1) is 18.8 Å². The van der Waals surface area contributed by atoms with E-state index >= 15 is 0 Å². The van der Waals surface area contributed by atoms with E-state index in [1.54, 1.807) is 16.7 Å². The molecule has 0 atom stereocenters. The molecule has 0 unspecified atom stereocenters. The molecule has 0 bridgehead atoms. The molecule has 0 N–H and O–H groups in total. The van der Waals surface area contributed by atoms with Crippen LogP contribution in [-0.4, -0.2) is 0 Å². The van der Waals surface area contributed by atoms with Gasteiger partial charge in [-0.25, -0.2) is 0 Å². The molecule has 26 heavy (non-hydrogen) atoms. The maximum absolute atomic E-state index is 2.59. The van der Waals surface area contributed by atoms with Gasteiger partial charge in [-0.1, -0.05) is 99.7 Å². The van der Waals surface area contributed by atoms with Crippen molar-refractivity contribution in [1.29, 1.82) is 0 Å². The lowest BCUT2D eigenvalue weighted by molar-refractivity contribution is 0.445. The third-order valence-electron chi connectivity index (χ3n) is 5.94. The van der Waals surface area contributed by atoms with E-state index in [1.807, 2.05) is 0 Å². The molecule has 0 saturated carbocycles. The quantitative estimate of drug-likeness (QED) is 0.467. The number of rotatable bonds is 8. The smallest absolute Gasteiger partial charge is 0.00781 e. The van der Waals surface area contributed by atoms with E-state index in [4.69, 9.17) is 0 Å². The highest BCUT2D eigenvalue weighted by Gasteiger charge is 2.25. The van der Waals surface area contributed by atoms with Gasteiger partial charge in [0.2, 0.25) is 0 Å². The number of allylic oxidation sites excluding steroid dienone is 2. The van der Waals surface area contributed by atoms with Gasteiger partial charge in [0, 0.05) is 0 Å². The summed E-state index contributed by atoms with van der Waals surface area (Å²) < 4.78 is 0. The molecular formula is C26H34. The Kier molecular flexibility index (Phi) is 6.72. The molecule has 0 nitrogen and oxygen atoms in total. The highest BCUT2D eigenvalue weighted by atomic mass is 14.3. The fourth-order valence-electron chi connectivity index (χ4n) is 4.54. The van der Waals surface area contributed by atoms with Gasteiger partial charge in [0.25, 0.3) is 0 Å². The van der Waals surface area contributed by atoms with Crippen LogP contribution in [0.5, 0.6) is 0 Å². The Balaban J connectivity index is 1.85. The van der Waals surface area contributed by atoms with E-state index in [0.29, 0.717) is 5.92 Å². The second kappa shape index (κ2) is 9.21. The van der Waals surface area contributed by atoms with Gasteiger partial charge in [0.15, 0.2) is 0 Å². The van der Waals surface area contributed by atoms with Crippen molar-refractivity contribution in [2.24, 2.45) is 11.8 Å². The summed E-state index contributed by atoms with van der Waals surface area (Å²) in [5.41, 5.74) is 7.46. The summed E-state index contributed by atoms with van der Waals surface area (Å²) in [6.45, 7) is 6.82. The van der Waals surface area contributed by atoms with E-state index in [9.17, 15) is 0 Å². The van der Waals surface area contributed by atoms with Crippen molar-refractivity contribution < 1.29 is 0 Å². The standard InChI is InChI=1S/C26H34/c1-4-8-21(9-5-2)14-17-26(22-15-12-20(3)13-16-22)25-18-23-10-6-7-11-24(23)19-25/h6-7,10-13,15-17,21,25H,4-5,8-9,14,18-19H2,1-3H3. The van der Waals surface area contributed by atoms with Gasteiger partial charge in [-0.2, -0.15) is 0 Å². The third-order valence-corrected chi connectivity index (χ3v) is 5.94. The van der Waals surface area contributed by atoms with E-state index < -0.39 is 0 Å². The number of benzene rings is 2. The van der Waals surface area contributed by atoms with Crippen molar-refractivity contribution in [3.05, 3.63) is 76.9 Å². The topological polar surface area (TPSA) is 0 Å². The molecule has 0 heteroatoms. The molecule has 2 aromatic rings. The average molecular weight is 347 g/mol. The van der Waals surface area contributed by atoms with Gasteiger partial charge in [0.05, 0.1) is 0 Å². The minimum Gasteiger partial charge on any atom is -0.0801 e. The molecule has 0 aliphatic heterocycles. The van der Waals surface area contributed by atoms with Crippen LogP contribution in [0.2, 0.25) is 0 Å². The lowest BCUT2D eigenvalue weighted by Gasteiger charge is -2.19. The van der Waals surface area contributed by atoms with Gasteiger partial charge in [-0.15, -0.1) is 0 Å². The zero-order valence-electron chi connectivity index (χ0n) is 16.8. The number of hydrogen-bond donors (Lipinski definition) is 0. The van der Waals surface area contributed by atoms with Crippen LogP contribution in [0.1, 0.15) is 68.2 Å². The molecule has 0 radical (unpaired) electrons. The maximum atomic E-state index is 2.59. The predicted octanol–water partition coefficient (Wildman–Crippen LogP) is 7.40. The van der Waals surface area contributed by atoms with Crippen LogP contribution in [0.25, 0.3) is 5.57 Å². The highest BCUT2D eigenvalue weighted by molar-refractivity contribution is 5.69. The lowest BCUT2D eigenvalue weighted by atomic mass is 9.86. The number of aryl methyl sites for hydroxylation is 1. The third kappa shape index (κ3) is 4.67. The SMILES string of the molecule is CCCC(CC=C(c1ccc(C)cc1)C1Cc2ccccc2C1)CCC. The summed E-state index contributed by atoms with van der Waals surface area (Å²) in [5, 5.41) is 0. The molecule has 0 aromatic heterocycles. The lowest BCUT2D eigenvalue weighted by Crippen LogP contribution is -2.05. The number of hydrogen-bond acceptors (Lipinski definition) is 0. The Labute approximate surface area is 160 Å². The first kappa shape index (κ1) is 19.0. The predicted molar refractivity (Wildman–Crippen MR) is 114 cm³/mol. The van der Waals surface area contributed by atoms with E-state index in [2.05, 4.69) is 75.4 Å². The van der Waals surface area contributed by atoms with Crippen molar-refractivity contribution in [3.8, 4) is 0 Å². The summed E-state index contributed by atoms with van der Waals surface area (Å²) in [4.78, 5) is 0. The zero-order chi connectivity index (χ0) is 18.4. The Hall–Kier alpha value is -1.82. The molecule has 0 heterocycles. The monoisotopic (exact) mass is 346 g/mol. The minimum absolute atomic E-state index is 0.638. The Bertz CT molecular complexity index is 689. The summed E-state index contributed by atoms with van der Waals surface area (Å²) in [6, 6.07) is 18.2. The first-order valence-corrected chi connectivity index (χ1v) is 10.5. The molecule has 1 aliphatic rings. The average Bonchev–Trinajstić information content (AvgIpc) is 3.07. The molecular weight excluding hydrogens is 312 g/mol. The van der Waals surface area contributed by atoms with Gasteiger partial charge >= 0.3 is 0 Å². The van der Waals surface area contributed by atoms with Crippen molar-refractivity contribution >= 4 is 5.57 Å². The van der Waals surface area contributed by atoms with Crippen molar-refractivity contribution in [3.63, 3.8) is 0 Å². The van der Waals surface area contributed by atoms with Crippen LogP contribution in [0.15, 0.2) is 54.6 Å². The van der Waals surface area contributed by atoms with Crippen LogP contribution in [-0.2, 0) is 12.8 Å². The number of fused-ring (bicyclic) bond motifs is 1. The van der Waals surface area contributed by atoms with Gasteiger partial charge in [0.1, 0.15) is 0 Å².